The lowest BCUT2D eigenvalue weighted by Gasteiger charge is -2.15. The molecule has 34 heavy (non-hydrogen) atoms. The molecule has 7 heteroatoms. The van der Waals surface area contributed by atoms with Gasteiger partial charge in [-0.25, -0.2) is 14.8 Å². The maximum absolute atomic E-state index is 11.3. The first kappa shape index (κ1) is 21.2. The Bertz CT molecular complexity index is 1460. The van der Waals surface area contributed by atoms with Gasteiger partial charge in [0, 0.05) is 34.3 Å². The molecule has 0 saturated carbocycles. The summed E-state index contributed by atoms with van der Waals surface area (Å²) in [6.07, 6.45) is 0. The van der Waals surface area contributed by atoms with Crippen LogP contribution in [0.1, 0.15) is 16.2 Å². The van der Waals surface area contributed by atoms with Crippen molar-refractivity contribution in [2.24, 2.45) is 0 Å². The Balaban J connectivity index is 1.43. The average Bonchev–Trinajstić information content (AvgIpc) is 2.87. The number of hydrogen-bond acceptors (Lipinski definition) is 6. The summed E-state index contributed by atoms with van der Waals surface area (Å²) in [4.78, 5) is 20.3. The number of nitrogens with one attached hydrogen (secondary N) is 2. The maximum Gasteiger partial charge on any atom is 0.354 e. The third-order valence-corrected chi connectivity index (χ3v) is 5.50. The molecule has 2 heterocycles. The summed E-state index contributed by atoms with van der Waals surface area (Å²) < 4.78 is 5.21. The summed E-state index contributed by atoms with van der Waals surface area (Å²) in [6.45, 7) is 0.349. The summed E-state index contributed by atoms with van der Waals surface area (Å²) in [5.41, 5.74) is 5.15. The van der Waals surface area contributed by atoms with Gasteiger partial charge in [0.05, 0.1) is 36.1 Å². The molecule has 0 aliphatic carbocycles. The number of methoxy groups -OCH3 is 1. The van der Waals surface area contributed by atoms with Gasteiger partial charge in [-0.2, -0.15) is 0 Å². The van der Waals surface area contributed by atoms with E-state index in [9.17, 15) is 9.90 Å². The van der Waals surface area contributed by atoms with E-state index in [0.717, 1.165) is 38.9 Å². The minimum absolute atomic E-state index is 0.0528. The van der Waals surface area contributed by atoms with Crippen LogP contribution in [0.4, 0.5) is 17.1 Å². The summed E-state index contributed by atoms with van der Waals surface area (Å²) >= 11 is 0. The molecule has 0 spiro atoms. The zero-order chi connectivity index (χ0) is 23.5. The molecule has 3 N–H and O–H groups in total. The van der Waals surface area contributed by atoms with Gasteiger partial charge in [0.15, 0.2) is 5.69 Å². The third kappa shape index (κ3) is 4.31. The molecule has 168 valence electrons. The molecule has 5 aromatic rings. The van der Waals surface area contributed by atoms with E-state index in [2.05, 4.69) is 27.8 Å². The van der Waals surface area contributed by atoms with Crippen LogP contribution in [0.25, 0.3) is 21.8 Å². The van der Waals surface area contributed by atoms with E-state index >= 15 is 0 Å². The molecule has 0 fully saturated rings. The number of benzene rings is 3. The second-order valence-corrected chi connectivity index (χ2v) is 7.77. The average molecular weight is 450 g/mol. The van der Waals surface area contributed by atoms with E-state index in [1.54, 1.807) is 6.07 Å². The SMILES string of the molecule is COc1cc(CNc2cccc(Nc3c4ccccc4nc4ccccc34)c2)nc(C(=O)O)c1. The number of fused-ring (bicyclic) bond motifs is 2. The number of hydrogen-bond donors (Lipinski definition) is 3. The first-order chi connectivity index (χ1) is 16.6. The van der Waals surface area contributed by atoms with E-state index in [1.165, 1.54) is 13.2 Å². The number of para-hydroxylation sites is 2. The molecule has 0 amide bonds. The number of carboxylic acid groups (broad SMARTS) is 1. The van der Waals surface area contributed by atoms with Crippen LogP contribution in [0.3, 0.4) is 0 Å². The van der Waals surface area contributed by atoms with Gasteiger partial charge in [0.1, 0.15) is 5.75 Å². The molecule has 7 nitrogen and oxygen atoms in total. The van der Waals surface area contributed by atoms with E-state index in [1.807, 2.05) is 60.7 Å². The molecule has 0 bridgehead atoms. The Hall–Kier alpha value is -4.65. The Morgan fingerprint density at radius 1 is 0.853 bits per heavy atom. The molecule has 5 rings (SSSR count). The van der Waals surface area contributed by atoms with Gasteiger partial charge in [-0.1, -0.05) is 42.5 Å². The van der Waals surface area contributed by atoms with Crippen molar-refractivity contribution in [3.8, 4) is 5.75 Å². The lowest BCUT2D eigenvalue weighted by Crippen LogP contribution is -2.07. The maximum atomic E-state index is 11.3. The van der Waals surface area contributed by atoms with Crippen LogP contribution in [-0.2, 0) is 6.54 Å². The van der Waals surface area contributed by atoms with Gasteiger partial charge >= 0.3 is 5.97 Å². The van der Waals surface area contributed by atoms with Crippen LogP contribution in [0.2, 0.25) is 0 Å². The van der Waals surface area contributed by atoms with Crippen LogP contribution in [0, 0.1) is 0 Å². The van der Waals surface area contributed by atoms with Crippen LogP contribution in [0.15, 0.2) is 84.9 Å². The highest BCUT2D eigenvalue weighted by molar-refractivity contribution is 6.08. The van der Waals surface area contributed by atoms with Crippen molar-refractivity contribution in [1.82, 2.24) is 9.97 Å². The van der Waals surface area contributed by atoms with Gasteiger partial charge in [-0.3, -0.25) is 0 Å². The smallest absolute Gasteiger partial charge is 0.354 e. The first-order valence-electron chi connectivity index (χ1n) is 10.8. The van der Waals surface area contributed by atoms with Gasteiger partial charge in [0.25, 0.3) is 0 Å². The summed E-state index contributed by atoms with van der Waals surface area (Å²) in [5, 5.41) is 18.3. The van der Waals surface area contributed by atoms with Crippen LogP contribution in [0.5, 0.6) is 5.75 Å². The summed E-state index contributed by atoms with van der Waals surface area (Å²) in [7, 11) is 1.50. The third-order valence-electron chi connectivity index (χ3n) is 5.50. The summed E-state index contributed by atoms with van der Waals surface area (Å²) in [6, 6.07) is 27.2. The lowest BCUT2D eigenvalue weighted by atomic mass is 10.1. The number of aromatic nitrogens is 2. The highest BCUT2D eigenvalue weighted by Crippen LogP contribution is 2.33. The molecule has 0 unspecified atom stereocenters. The van der Waals surface area contributed by atoms with E-state index in [0.29, 0.717) is 18.0 Å². The van der Waals surface area contributed by atoms with Crippen LogP contribution >= 0.6 is 0 Å². The van der Waals surface area contributed by atoms with Crippen LogP contribution < -0.4 is 15.4 Å². The number of ether oxygens (including phenoxy) is 1. The molecular formula is C27H22N4O3. The predicted octanol–water partition coefficient (Wildman–Crippen LogP) is 5.85. The highest BCUT2D eigenvalue weighted by Gasteiger charge is 2.11. The number of carboxylic acids is 1. The van der Waals surface area contributed by atoms with Gasteiger partial charge in [-0.15, -0.1) is 0 Å². The molecular weight excluding hydrogens is 428 g/mol. The van der Waals surface area contributed by atoms with E-state index < -0.39 is 5.97 Å². The molecule has 0 aliphatic heterocycles. The fourth-order valence-electron chi connectivity index (χ4n) is 3.90. The minimum Gasteiger partial charge on any atom is -0.497 e. The fraction of sp³-hybridized carbons (Fsp3) is 0.0741. The second-order valence-electron chi connectivity index (χ2n) is 7.77. The molecule has 2 aromatic heterocycles. The topological polar surface area (TPSA) is 96.4 Å². The molecule has 0 radical (unpaired) electrons. The van der Waals surface area contributed by atoms with Crippen molar-refractivity contribution in [2.75, 3.05) is 17.7 Å². The summed E-state index contributed by atoms with van der Waals surface area (Å²) in [5.74, 6) is -0.640. The number of anilines is 3. The number of carbonyl (C=O) groups is 1. The molecule has 0 saturated heterocycles. The lowest BCUT2D eigenvalue weighted by molar-refractivity contribution is 0.0689. The Labute approximate surface area is 196 Å². The van der Waals surface area contributed by atoms with Crippen molar-refractivity contribution in [2.45, 2.75) is 6.54 Å². The zero-order valence-electron chi connectivity index (χ0n) is 18.4. The largest absolute Gasteiger partial charge is 0.497 e. The van der Waals surface area contributed by atoms with Gasteiger partial charge in [-0.05, 0) is 30.3 Å². The number of rotatable bonds is 7. The van der Waals surface area contributed by atoms with E-state index in [-0.39, 0.29) is 5.69 Å². The van der Waals surface area contributed by atoms with E-state index in [4.69, 9.17) is 9.72 Å². The van der Waals surface area contributed by atoms with Crippen molar-refractivity contribution in [3.63, 3.8) is 0 Å². The van der Waals surface area contributed by atoms with Crippen LogP contribution in [-0.4, -0.2) is 28.2 Å². The number of nitrogens with zero attached hydrogens (tertiary/aromatic N) is 2. The fourth-order valence-corrected chi connectivity index (χ4v) is 3.90. The Kier molecular flexibility index (Phi) is 5.66. The van der Waals surface area contributed by atoms with Crippen molar-refractivity contribution in [1.29, 1.82) is 0 Å². The Morgan fingerprint density at radius 3 is 2.21 bits per heavy atom. The Morgan fingerprint density at radius 2 is 1.53 bits per heavy atom. The minimum atomic E-state index is -1.09. The monoisotopic (exact) mass is 450 g/mol. The van der Waals surface area contributed by atoms with Gasteiger partial charge in [0.2, 0.25) is 0 Å². The first-order valence-corrected chi connectivity index (χ1v) is 10.8. The highest BCUT2D eigenvalue weighted by atomic mass is 16.5. The van der Waals surface area contributed by atoms with Crippen molar-refractivity contribution in [3.05, 3.63) is 96.3 Å². The van der Waals surface area contributed by atoms with Crippen molar-refractivity contribution < 1.29 is 14.6 Å². The molecule has 0 aliphatic rings. The number of pyridine rings is 2. The molecule has 0 atom stereocenters. The van der Waals surface area contributed by atoms with Gasteiger partial charge < -0.3 is 20.5 Å². The zero-order valence-corrected chi connectivity index (χ0v) is 18.4. The second kappa shape index (κ2) is 9.07. The predicted molar refractivity (Wildman–Crippen MR) is 134 cm³/mol. The molecule has 3 aromatic carbocycles. The van der Waals surface area contributed by atoms with Crippen molar-refractivity contribution >= 4 is 44.8 Å². The normalized spacial score (nSPS) is 10.9. The standard InChI is InChI=1S/C27H22N4O3/c1-34-20-14-19(29-25(15-20)27(32)33)16-28-17-7-6-8-18(13-17)30-26-21-9-2-4-11-23(21)31-24-12-5-3-10-22(24)26/h2-15,28H,16H2,1H3,(H,30,31)(H,32,33). The number of aromatic carboxylic acids is 1. The quantitative estimate of drug-likeness (QED) is 0.268.